The Bertz CT molecular complexity index is 641. The van der Waals surface area contributed by atoms with E-state index in [0.717, 1.165) is 11.3 Å². The van der Waals surface area contributed by atoms with Crippen molar-refractivity contribution in [1.29, 1.82) is 0 Å². The molecule has 2 aromatic heterocycles. The van der Waals surface area contributed by atoms with Crippen LogP contribution in [0.2, 0.25) is 0 Å². The fraction of sp³-hybridized carbons (Fsp3) is 0.471. The number of nitrogens with zero attached hydrogens (tertiary/aromatic N) is 3. The van der Waals surface area contributed by atoms with Crippen LogP contribution in [0, 0.1) is 19.3 Å². The molecule has 2 rings (SSSR count). The lowest BCUT2D eigenvalue weighted by atomic mass is 9.86. The molecule has 118 valence electrons. The summed E-state index contributed by atoms with van der Waals surface area (Å²) in [4.78, 5) is 20.8. The predicted molar refractivity (Wildman–Crippen MR) is 86.6 cm³/mol. The zero-order chi connectivity index (χ0) is 16.3. The first kappa shape index (κ1) is 16.2. The van der Waals surface area contributed by atoms with Crippen LogP contribution in [0.25, 0.3) is 0 Å². The highest BCUT2D eigenvalue weighted by Crippen LogP contribution is 2.21. The van der Waals surface area contributed by atoms with Gasteiger partial charge >= 0.3 is 0 Å². The lowest BCUT2D eigenvalue weighted by Crippen LogP contribution is -2.46. The van der Waals surface area contributed by atoms with Crippen LogP contribution in [0.3, 0.4) is 0 Å². The van der Waals surface area contributed by atoms with E-state index in [2.05, 4.69) is 36.1 Å². The minimum Gasteiger partial charge on any atom is -0.347 e. The van der Waals surface area contributed by atoms with Crippen LogP contribution < -0.4 is 5.32 Å². The Morgan fingerprint density at radius 1 is 1.36 bits per heavy atom. The number of carbonyl (C=O) groups excluding carboxylic acids is 1. The highest BCUT2D eigenvalue weighted by molar-refractivity contribution is 5.94. The molecule has 0 aromatic carbocycles. The molecule has 5 heteroatoms. The molecule has 2 heterocycles. The van der Waals surface area contributed by atoms with E-state index in [1.54, 1.807) is 18.7 Å². The first-order valence-electron chi connectivity index (χ1n) is 7.47. The Morgan fingerprint density at radius 3 is 2.64 bits per heavy atom. The summed E-state index contributed by atoms with van der Waals surface area (Å²) in [5, 5.41) is 3.13. The molecule has 0 radical (unpaired) electrons. The topological polar surface area (TPSA) is 59.8 Å². The first-order chi connectivity index (χ1) is 10.3. The molecule has 1 N–H and O–H groups in total. The third-order valence-corrected chi connectivity index (χ3v) is 3.91. The largest absolute Gasteiger partial charge is 0.347 e. The van der Waals surface area contributed by atoms with E-state index in [-0.39, 0.29) is 17.4 Å². The average molecular weight is 300 g/mol. The smallest absolute Gasteiger partial charge is 0.253 e. The van der Waals surface area contributed by atoms with Crippen LogP contribution in [0.5, 0.6) is 0 Å². The Kier molecular flexibility index (Phi) is 4.64. The molecular formula is C17H24N4O. The average Bonchev–Trinajstić information content (AvgIpc) is 2.93. The molecule has 1 unspecified atom stereocenters. The van der Waals surface area contributed by atoms with E-state index >= 15 is 0 Å². The van der Waals surface area contributed by atoms with Gasteiger partial charge in [0.05, 0.1) is 17.9 Å². The van der Waals surface area contributed by atoms with Gasteiger partial charge in [-0.15, -0.1) is 0 Å². The zero-order valence-corrected chi connectivity index (χ0v) is 13.9. The number of imidazole rings is 1. The molecule has 1 atom stereocenters. The van der Waals surface area contributed by atoms with Crippen LogP contribution in [-0.2, 0) is 6.54 Å². The highest BCUT2D eigenvalue weighted by Gasteiger charge is 2.27. The fourth-order valence-corrected chi connectivity index (χ4v) is 2.15. The quantitative estimate of drug-likeness (QED) is 0.944. The molecule has 0 fully saturated rings. The number of hydrogen-bond acceptors (Lipinski definition) is 3. The van der Waals surface area contributed by atoms with E-state index in [0.29, 0.717) is 12.1 Å². The van der Waals surface area contributed by atoms with E-state index in [4.69, 9.17) is 0 Å². The van der Waals surface area contributed by atoms with Crippen molar-refractivity contribution in [3.63, 3.8) is 0 Å². The van der Waals surface area contributed by atoms with Crippen molar-refractivity contribution in [3.8, 4) is 0 Å². The number of amides is 1. The summed E-state index contributed by atoms with van der Waals surface area (Å²) in [5.74, 6) is -0.0874. The zero-order valence-electron chi connectivity index (χ0n) is 13.9. The van der Waals surface area contributed by atoms with E-state index in [1.165, 1.54) is 0 Å². The Hall–Kier alpha value is -2.17. The van der Waals surface area contributed by atoms with Crippen LogP contribution in [0.15, 0.2) is 31.0 Å². The van der Waals surface area contributed by atoms with Crippen molar-refractivity contribution in [2.24, 2.45) is 5.41 Å². The van der Waals surface area contributed by atoms with Gasteiger partial charge in [0.25, 0.3) is 5.91 Å². The molecule has 0 saturated heterocycles. The van der Waals surface area contributed by atoms with Crippen molar-refractivity contribution in [3.05, 3.63) is 47.8 Å². The molecule has 5 nitrogen and oxygen atoms in total. The lowest BCUT2D eigenvalue weighted by molar-refractivity contribution is 0.0892. The molecule has 2 aromatic rings. The maximum atomic E-state index is 12.5. The SMILES string of the molecule is Cc1cc(C(=O)NC(Cn2ccnc2)C(C)(C)C)cnc1C. The van der Waals surface area contributed by atoms with E-state index in [1.807, 2.05) is 30.7 Å². The number of hydrogen-bond donors (Lipinski definition) is 1. The maximum absolute atomic E-state index is 12.5. The number of nitrogens with one attached hydrogen (secondary N) is 1. The Labute approximate surface area is 131 Å². The van der Waals surface area contributed by atoms with Crippen molar-refractivity contribution in [2.75, 3.05) is 0 Å². The van der Waals surface area contributed by atoms with Gasteiger partial charge in [-0.25, -0.2) is 4.98 Å². The number of pyridine rings is 1. The van der Waals surface area contributed by atoms with Crippen LogP contribution in [-0.4, -0.2) is 26.5 Å². The second kappa shape index (κ2) is 6.30. The molecule has 0 saturated carbocycles. The Morgan fingerprint density at radius 2 is 2.09 bits per heavy atom. The predicted octanol–water partition coefficient (Wildman–Crippen LogP) is 2.74. The van der Waals surface area contributed by atoms with Gasteiger partial charge < -0.3 is 9.88 Å². The second-order valence-electron chi connectivity index (χ2n) is 6.78. The lowest BCUT2D eigenvalue weighted by Gasteiger charge is -2.31. The summed E-state index contributed by atoms with van der Waals surface area (Å²) in [6, 6.07) is 1.88. The number of aromatic nitrogens is 3. The van der Waals surface area contributed by atoms with Crippen LogP contribution >= 0.6 is 0 Å². The highest BCUT2D eigenvalue weighted by atomic mass is 16.1. The van der Waals surface area contributed by atoms with Gasteiger partial charge in [-0.1, -0.05) is 20.8 Å². The molecule has 0 aliphatic heterocycles. The van der Waals surface area contributed by atoms with Gasteiger partial charge in [0.1, 0.15) is 0 Å². The minimum absolute atomic E-state index is 0.00388. The van der Waals surface area contributed by atoms with Crippen molar-refractivity contribution < 1.29 is 4.79 Å². The van der Waals surface area contributed by atoms with Crippen molar-refractivity contribution >= 4 is 5.91 Å². The van der Waals surface area contributed by atoms with Gasteiger partial charge in [0.15, 0.2) is 0 Å². The molecule has 22 heavy (non-hydrogen) atoms. The van der Waals surface area contributed by atoms with E-state index in [9.17, 15) is 4.79 Å². The number of aryl methyl sites for hydroxylation is 2. The molecule has 1 amide bonds. The van der Waals surface area contributed by atoms with Gasteiger partial charge in [-0.3, -0.25) is 9.78 Å². The van der Waals surface area contributed by atoms with Gasteiger partial charge in [0.2, 0.25) is 0 Å². The summed E-state index contributed by atoms with van der Waals surface area (Å²) in [5.41, 5.74) is 2.51. The summed E-state index contributed by atoms with van der Waals surface area (Å²) in [6.45, 7) is 10.9. The third kappa shape index (κ3) is 3.93. The first-order valence-corrected chi connectivity index (χ1v) is 7.47. The Balaban J connectivity index is 2.15. The van der Waals surface area contributed by atoms with Crippen molar-refractivity contribution in [2.45, 2.75) is 47.2 Å². The van der Waals surface area contributed by atoms with Crippen LogP contribution in [0.1, 0.15) is 42.4 Å². The molecule has 0 aliphatic carbocycles. The van der Waals surface area contributed by atoms with Gasteiger partial charge in [0, 0.05) is 30.8 Å². The second-order valence-corrected chi connectivity index (χ2v) is 6.78. The monoisotopic (exact) mass is 300 g/mol. The molecule has 0 spiro atoms. The summed E-state index contributed by atoms with van der Waals surface area (Å²) in [7, 11) is 0. The molecule has 0 aliphatic rings. The summed E-state index contributed by atoms with van der Waals surface area (Å²) < 4.78 is 1.98. The van der Waals surface area contributed by atoms with E-state index < -0.39 is 0 Å². The van der Waals surface area contributed by atoms with Crippen molar-refractivity contribution in [1.82, 2.24) is 19.9 Å². The number of rotatable bonds is 4. The third-order valence-electron chi connectivity index (χ3n) is 3.91. The fourth-order valence-electron chi connectivity index (χ4n) is 2.15. The number of carbonyl (C=O) groups is 1. The van der Waals surface area contributed by atoms with Gasteiger partial charge in [-0.2, -0.15) is 0 Å². The summed E-state index contributed by atoms with van der Waals surface area (Å²) in [6.07, 6.45) is 7.05. The van der Waals surface area contributed by atoms with Gasteiger partial charge in [-0.05, 0) is 30.9 Å². The standard InChI is InChI=1S/C17H24N4O/c1-12-8-14(9-19-13(12)2)16(22)20-15(17(3,4)5)10-21-7-6-18-11-21/h6-9,11,15H,10H2,1-5H3,(H,20,22). The minimum atomic E-state index is -0.0874. The maximum Gasteiger partial charge on any atom is 0.253 e. The molecular weight excluding hydrogens is 276 g/mol. The van der Waals surface area contributed by atoms with Crippen LogP contribution in [0.4, 0.5) is 0 Å². The molecule has 0 bridgehead atoms. The normalized spacial score (nSPS) is 13.0. The summed E-state index contributed by atoms with van der Waals surface area (Å²) >= 11 is 0.